The second-order valence-corrected chi connectivity index (χ2v) is 7.31. The summed E-state index contributed by atoms with van der Waals surface area (Å²) in [6.45, 7) is 4.32. The molecule has 12 nitrogen and oxygen atoms in total. The highest BCUT2D eigenvalue weighted by Crippen LogP contribution is 2.16. The first kappa shape index (κ1) is 24.2. The summed E-state index contributed by atoms with van der Waals surface area (Å²) in [5.41, 5.74) is 0.890. The summed E-state index contributed by atoms with van der Waals surface area (Å²) in [4.78, 5) is 44.6. The third-order valence-electron chi connectivity index (χ3n) is 4.64. The fourth-order valence-corrected chi connectivity index (χ4v) is 2.95. The van der Waals surface area contributed by atoms with Gasteiger partial charge in [-0.3, -0.25) is 9.79 Å². The van der Waals surface area contributed by atoms with Crippen molar-refractivity contribution in [3.05, 3.63) is 0 Å². The van der Waals surface area contributed by atoms with E-state index in [4.69, 9.17) is 9.57 Å². The molecule has 2 heterocycles. The number of hydrogen-bond donors (Lipinski definition) is 5. The smallest absolute Gasteiger partial charge is 0.407 e. The van der Waals surface area contributed by atoms with Gasteiger partial charge in [0, 0.05) is 26.1 Å². The van der Waals surface area contributed by atoms with Crippen molar-refractivity contribution >= 4 is 29.6 Å². The summed E-state index contributed by atoms with van der Waals surface area (Å²) < 4.78 is 4.88. The summed E-state index contributed by atoms with van der Waals surface area (Å²) in [6, 6.07) is -1.28. The van der Waals surface area contributed by atoms with Crippen LogP contribution in [-0.2, 0) is 19.2 Å². The fourth-order valence-electron chi connectivity index (χ4n) is 2.95. The van der Waals surface area contributed by atoms with Crippen LogP contribution >= 0.6 is 0 Å². The normalized spacial score (nSPS) is 18.2. The largest absolute Gasteiger partial charge is 0.480 e. The van der Waals surface area contributed by atoms with Crippen LogP contribution in [0.1, 0.15) is 45.4 Å². The Bertz CT molecular complexity index is 683. The van der Waals surface area contributed by atoms with Crippen LogP contribution in [0.5, 0.6) is 0 Å². The third kappa shape index (κ3) is 9.53. The van der Waals surface area contributed by atoms with E-state index in [1.807, 2.05) is 6.92 Å². The molecule has 0 spiro atoms. The number of ether oxygens (including phenoxy) is 1. The Labute approximate surface area is 181 Å². The van der Waals surface area contributed by atoms with Crippen LogP contribution in [0.25, 0.3) is 0 Å². The van der Waals surface area contributed by atoms with Gasteiger partial charge in [-0.2, -0.15) is 0 Å². The molecule has 0 aromatic rings. The van der Waals surface area contributed by atoms with Gasteiger partial charge in [0.25, 0.3) is 0 Å². The molecule has 5 N–H and O–H groups in total. The van der Waals surface area contributed by atoms with Crippen molar-refractivity contribution in [3.63, 3.8) is 0 Å². The zero-order chi connectivity index (χ0) is 22.5. The van der Waals surface area contributed by atoms with E-state index in [-0.39, 0.29) is 31.6 Å². The van der Waals surface area contributed by atoms with Crippen molar-refractivity contribution in [2.75, 3.05) is 32.8 Å². The lowest BCUT2D eigenvalue weighted by Gasteiger charge is -2.16. The maximum atomic E-state index is 12.1. The highest BCUT2D eigenvalue weighted by atomic mass is 16.6. The molecule has 174 valence electrons. The Morgan fingerprint density at radius 3 is 2.90 bits per heavy atom. The SMILES string of the molecule is CCCCOC(=O)NC(CNC(=O)CC1CC(CCCNC2=NCCN2)=NO1)C(=O)O. The minimum absolute atomic E-state index is 0.0548. The summed E-state index contributed by atoms with van der Waals surface area (Å²) in [5.74, 6) is -0.814. The van der Waals surface area contributed by atoms with Gasteiger partial charge in [0.2, 0.25) is 5.91 Å². The van der Waals surface area contributed by atoms with Gasteiger partial charge in [0.05, 0.1) is 25.3 Å². The molecule has 31 heavy (non-hydrogen) atoms. The average Bonchev–Trinajstić information content (AvgIpc) is 3.40. The number of carboxylic acids is 1. The molecule has 2 aliphatic heterocycles. The van der Waals surface area contributed by atoms with Crippen molar-refractivity contribution in [3.8, 4) is 0 Å². The van der Waals surface area contributed by atoms with Crippen LogP contribution in [0.3, 0.4) is 0 Å². The first-order chi connectivity index (χ1) is 15.0. The Morgan fingerprint density at radius 2 is 2.19 bits per heavy atom. The van der Waals surface area contributed by atoms with Gasteiger partial charge in [-0.15, -0.1) is 0 Å². The van der Waals surface area contributed by atoms with E-state index in [1.54, 1.807) is 0 Å². The quantitative estimate of drug-likeness (QED) is 0.249. The van der Waals surface area contributed by atoms with E-state index in [2.05, 4.69) is 31.4 Å². The lowest BCUT2D eigenvalue weighted by Crippen LogP contribution is -2.48. The molecule has 2 amide bonds. The van der Waals surface area contributed by atoms with Crippen LogP contribution in [0.4, 0.5) is 4.79 Å². The van der Waals surface area contributed by atoms with Gasteiger partial charge in [-0.25, -0.2) is 9.59 Å². The molecule has 2 unspecified atom stereocenters. The molecule has 0 saturated carbocycles. The van der Waals surface area contributed by atoms with Crippen molar-refractivity contribution in [2.24, 2.45) is 10.1 Å². The number of rotatable bonds is 13. The molecule has 12 heteroatoms. The van der Waals surface area contributed by atoms with Crippen LogP contribution in [-0.4, -0.2) is 79.7 Å². The van der Waals surface area contributed by atoms with Crippen LogP contribution in [0.2, 0.25) is 0 Å². The minimum atomic E-state index is -1.28. The van der Waals surface area contributed by atoms with Gasteiger partial charge in [0.1, 0.15) is 12.1 Å². The lowest BCUT2D eigenvalue weighted by atomic mass is 10.1. The van der Waals surface area contributed by atoms with E-state index in [9.17, 15) is 19.5 Å². The number of nitrogens with zero attached hydrogens (tertiary/aromatic N) is 2. The molecular formula is C19H32N6O6. The van der Waals surface area contributed by atoms with E-state index in [0.717, 1.165) is 50.6 Å². The molecule has 0 saturated heterocycles. The van der Waals surface area contributed by atoms with Crippen LogP contribution in [0.15, 0.2) is 10.1 Å². The number of nitrogens with one attached hydrogen (secondary N) is 4. The number of guanidine groups is 1. The Balaban J connectivity index is 1.59. The molecule has 0 aromatic heterocycles. The minimum Gasteiger partial charge on any atom is -0.480 e. The number of oxime groups is 1. The number of amides is 2. The first-order valence-electron chi connectivity index (χ1n) is 10.6. The van der Waals surface area contributed by atoms with Gasteiger partial charge < -0.3 is 35.9 Å². The van der Waals surface area contributed by atoms with Crippen molar-refractivity contribution in [1.82, 2.24) is 21.3 Å². The molecule has 0 radical (unpaired) electrons. The Kier molecular flexibility index (Phi) is 10.4. The summed E-state index contributed by atoms with van der Waals surface area (Å²) in [5, 5.41) is 24.3. The second kappa shape index (κ2) is 13.3. The molecule has 0 aromatic carbocycles. The van der Waals surface area contributed by atoms with E-state index in [1.165, 1.54) is 0 Å². The highest BCUT2D eigenvalue weighted by Gasteiger charge is 2.25. The predicted molar refractivity (Wildman–Crippen MR) is 113 cm³/mol. The van der Waals surface area contributed by atoms with Gasteiger partial charge in [-0.1, -0.05) is 18.5 Å². The van der Waals surface area contributed by atoms with Crippen molar-refractivity contribution in [1.29, 1.82) is 0 Å². The summed E-state index contributed by atoms with van der Waals surface area (Å²) in [7, 11) is 0. The summed E-state index contributed by atoms with van der Waals surface area (Å²) >= 11 is 0. The Morgan fingerprint density at radius 1 is 1.35 bits per heavy atom. The maximum absolute atomic E-state index is 12.1. The standard InChI is InChI=1S/C19H32N6O6/c1-2-3-9-30-19(29)24-15(17(27)28)12-23-16(26)11-14-10-13(25-31-14)5-4-6-20-18-21-7-8-22-18/h14-15H,2-12H2,1H3,(H,23,26)(H,24,29)(H,27,28)(H2,20,21,22). The second-order valence-electron chi connectivity index (χ2n) is 7.31. The zero-order valence-corrected chi connectivity index (χ0v) is 17.8. The highest BCUT2D eigenvalue weighted by molar-refractivity contribution is 5.87. The van der Waals surface area contributed by atoms with Gasteiger partial charge >= 0.3 is 12.1 Å². The van der Waals surface area contributed by atoms with Crippen LogP contribution < -0.4 is 21.3 Å². The number of carboxylic acid groups (broad SMARTS) is 1. The molecule has 0 bridgehead atoms. The zero-order valence-electron chi connectivity index (χ0n) is 17.8. The number of unbranched alkanes of at least 4 members (excludes halogenated alkanes) is 1. The molecule has 2 aliphatic rings. The van der Waals surface area contributed by atoms with Gasteiger partial charge in [0.15, 0.2) is 5.96 Å². The third-order valence-corrected chi connectivity index (χ3v) is 4.64. The number of hydrogen-bond acceptors (Lipinski definition) is 9. The predicted octanol–water partition coefficient (Wildman–Crippen LogP) is -0.0539. The maximum Gasteiger partial charge on any atom is 0.407 e. The average molecular weight is 441 g/mol. The number of carbonyl (C=O) groups excluding carboxylic acids is 2. The fraction of sp³-hybridized carbons (Fsp3) is 0.737. The molecule has 0 aliphatic carbocycles. The number of aliphatic imine (C=N–C) groups is 1. The van der Waals surface area contributed by atoms with E-state index >= 15 is 0 Å². The molecule has 2 rings (SSSR count). The molecular weight excluding hydrogens is 408 g/mol. The Hall–Kier alpha value is -3.05. The lowest BCUT2D eigenvalue weighted by molar-refractivity contribution is -0.139. The van der Waals surface area contributed by atoms with E-state index in [0.29, 0.717) is 12.8 Å². The first-order valence-corrected chi connectivity index (χ1v) is 10.6. The topological polar surface area (TPSA) is 163 Å². The monoisotopic (exact) mass is 440 g/mol. The summed E-state index contributed by atoms with van der Waals surface area (Å²) in [6.07, 6.45) is 2.57. The van der Waals surface area contributed by atoms with E-state index < -0.39 is 18.1 Å². The number of alkyl carbamates (subject to hydrolysis) is 1. The molecule has 2 atom stereocenters. The molecule has 0 fully saturated rings. The van der Waals surface area contributed by atoms with Crippen LogP contribution in [0, 0.1) is 0 Å². The van der Waals surface area contributed by atoms with Crippen molar-refractivity contribution in [2.45, 2.75) is 57.6 Å². The van der Waals surface area contributed by atoms with Crippen molar-refractivity contribution < 1.29 is 29.1 Å². The number of aliphatic carboxylic acids is 1. The van der Waals surface area contributed by atoms with Gasteiger partial charge in [-0.05, 0) is 19.3 Å². The number of carbonyl (C=O) groups is 3.